The summed E-state index contributed by atoms with van der Waals surface area (Å²) in [4.78, 5) is 0. The van der Waals surface area contributed by atoms with Gasteiger partial charge in [-0.2, -0.15) is 26.3 Å². The minimum Gasteiger partial charge on any atom is -0.374 e. The molecule has 3 nitrogen and oxygen atoms in total. The topological polar surface area (TPSA) is 49.7 Å². The monoisotopic (exact) mass is 338 g/mol. The van der Waals surface area contributed by atoms with Gasteiger partial charge >= 0.3 is 12.4 Å². The number of aliphatic hydroxyl groups is 2. The molecule has 0 fully saturated rings. The van der Waals surface area contributed by atoms with E-state index in [1.165, 1.54) is 6.92 Å². The van der Waals surface area contributed by atoms with Gasteiger partial charge in [0.25, 0.3) is 5.60 Å². The summed E-state index contributed by atoms with van der Waals surface area (Å²) in [6, 6.07) is 0. The normalized spacial score (nSPS) is 16.7. The molecule has 0 aromatic carbocycles. The molecule has 2 unspecified atom stereocenters. The van der Waals surface area contributed by atoms with Crippen LogP contribution in [0.1, 0.15) is 33.6 Å². The van der Waals surface area contributed by atoms with Crippen LogP contribution < -0.4 is 0 Å². The summed E-state index contributed by atoms with van der Waals surface area (Å²) in [7, 11) is 0. The minimum absolute atomic E-state index is 0.0244. The lowest BCUT2D eigenvalue weighted by atomic mass is 9.90. The van der Waals surface area contributed by atoms with Gasteiger partial charge in [-0.1, -0.05) is 20.4 Å². The Kier molecular flexibility index (Phi) is 6.92. The van der Waals surface area contributed by atoms with Crippen molar-refractivity contribution in [3.8, 4) is 0 Å². The lowest BCUT2D eigenvalue weighted by molar-refractivity contribution is -0.376. The van der Waals surface area contributed by atoms with Gasteiger partial charge in [0.05, 0.1) is 6.10 Å². The zero-order valence-corrected chi connectivity index (χ0v) is 12.4. The Morgan fingerprint density at radius 3 is 1.77 bits per heavy atom. The molecule has 0 rings (SSSR count). The van der Waals surface area contributed by atoms with Crippen molar-refractivity contribution in [1.82, 2.24) is 0 Å². The highest BCUT2D eigenvalue weighted by Crippen LogP contribution is 2.46. The molecule has 0 aromatic rings. The highest BCUT2D eigenvalue weighted by Gasteiger charge is 2.70. The van der Waals surface area contributed by atoms with E-state index in [4.69, 9.17) is 4.74 Å². The Morgan fingerprint density at radius 1 is 1.09 bits per heavy atom. The van der Waals surface area contributed by atoms with Crippen LogP contribution in [0, 0.1) is 5.92 Å². The van der Waals surface area contributed by atoms with E-state index in [1.807, 2.05) is 0 Å². The van der Waals surface area contributed by atoms with E-state index in [1.54, 1.807) is 13.8 Å². The Labute approximate surface area is 124 Å². The van der Waals surface area contributed by atoms with Crippen molar-refractivity contribution in [2.24, 2.45) is 5.92 Å². The van der Waals surface area contributed by atoms with Gasteiger partial charge in [0.1, 0.15) is 0 Å². The van der Waals surface area contributed by atoms with Crippen molar-refractivity contribution in [3.63, 3.8) is 0 Å². The Bertz CT molecular complexity index is 361. The smallest absolute Gasteiger partial charge is 0.374 e. The van der Waals surface area contributed by atoms with Crippen molar-refractivity contribution in [3.05, 3.63) is 12.2 Å². The van der Waals surface area contributed by atoms with Crippen LogP contribution >= 0.6 is 0 Å². The largest absolute Gasteiger partial charge is 0.426 e. The van der Waals surface area contributed by atoms with Crippen molar-refractivity contribution in [1.29, 1.82) is 0 Å². The van der Waals surface area contributed by atoms with Crippen LogP contribution in [0.5, 0.6) is 0 Å². The average molecular weight is 338 g/mol. The molecule has 0 aliphatic rings. The third-order valence-electron chi connectivity index (χ3n) is 2.94. The fourth-order valence-electron chi connectivity index (χ4n) is 1.73. The average Bonchev–Trinajstić information content (AvgIpc) is 2.24. The van der Waals surface area contributed by atoms with Crippen molar-refractivity contribution >= 4 is 0 Å². The third kappa shape index (κ3) is 5.44. The molecule has 0 spiro atoms. The lowest BCUT2D eigenvalue weighted by Gasteiger charge is -2.36. The summed E-state index contributed by atoms with van der Waals surface area (Å²) >= 11 is 0. The Hall–Kier alpha value is -0.800. The zero-order chi connectivity index (χ0) is 17.9. The molecule has 2 N–H and O–H groups in total. The number of aliphatic hydroxyl groups excluding tert-OH is 1. The van der Waals surface area contributed by atoms with Gasteiger partial charge in [-0.05, 0) is 24.8 Å². The van der Waals surface area contributed by atoms with Crippen LogP contribution in [0.2, 0.25) is 0 Å². The van der Waals surface area contributed by atoms with Crippen LogP contribution in [0.3, 0.4) is 0 Å². The molecule has 0 aliphatic heterocycles. The highest BCUT2D eigenvalue weighted by molar-refractivity contribution is 4.97. The van der Waals surface area contributed by atoms with Crippen LogP contribution in [0.15, 0.2) is 12.2 Å². The fourth-order valence-corrected chi connectivity index (χ4v) is 1.73. The first-order chi connectivity index (χ1) is 9.61. The summed E-state index contributed by atoms with van der Waals surface area (Å²) in [5.74, 6) is -0.312. The van der Waals surface area contributed by atoms with E-state index >= 15 is 0 Å². The molecule has 22 heavy (non-hydrogen) atoms. The van der Waals surface area contributed by atoms with E-state index in [-0.39, 0.29) is 17.9 Å². The molecule has 0 saturated carbocycles. The maximum atomic E-state index is 12.7. The van der Waals surface area contributed by atoms with Gasteiger partial charge < -0.3 is 14.9 Å². The van der Waals surface area contributed by atoms with Crippen LogP contribution in [0.25, 0.3) is 0 Å². The fraction of sp³-hybridized carbons (Fsp3) is 0.846. The molecule has 0 heterocycles. The van der Waals surface area contributed by atoms with Crippen LogP contribution in [0.4, 0.5) is 26.3 Å². The number of hydrogen-bond acceptors (Lipinski definition) is 3. The molecule has 0 amide bonds. The van der Waals surface area contributed by atoms with Gasteiger partial charge in [-0.25, -0.2) is 0 Å². The van der Waals surface area contributed by atoms with Crippen molar-refractivity contribution in [2.75, 3.05) is 0 Å². The molecule has 9 heteroatoms. The maximum absolute atomic E-state index is 12.7. The quantitative estimate of drug-likeness (QED) is 0.424. The first-order valence-corrected chi connectivity index (χ1v) is 6.46. The molecule has 0 radical (unpaired) electrons. The molecule has 132 valence electrons. The van der Waals surface area contributed by atoms with Crippen LogP contribution in [-0.2, 0) is 4.74 Å². The first kappa shape index (κ1) is 21.2. The van der Waals surface area contributed by atoms with Gasteiger partial charge in [-0.3, -0.25) is 0 Å². The number of ether oxygens (including phenoxy) is 1. The standard InChI is InChI=1S/C13H20F6O3/c1-7(2)5-9(22-10(20)8(3)4)6-11(21,12(14,15)16)13(17,18)19/h7,9-10,20-21H,3,5-6H2,1-2,4H3. The van der Waals surface area contributed by atoms with E-state index in [0.29, 0.717) is 0 Å². The summed E-state index contributed by atoms with van der Waals surface area (Å²) in [5.41, 5.74) is -4.88. The number of hydrogen-bond donors (Lipinski definition) is 2. The molecular weight excluding hydrogens is 318 g/mol. The molecule has 0 aliphatic carbocycles. The van der Waals surface area contributed by atoms with Gasteiger partial charge in [0.15, 0.2) is 6.29 Å². The number of rotatable bonds is 7. The molecule has 0 aromatic heterocycles. The van der Waals surface area contributed by atoms with Gasteiger partial charge in [0, 0.05) is 6.42 Å². The first-order valence-electron chi connectivity index (χ1n) is 6.46. The molecule has 0 saturated heterocycles. The molecule has 0 bridgehead atoms. The maximum Gasteiger partial charge on any atom is 0.426 e. The third-order valence-corrected chi connectivity index (χ3v) is 2.94. The summed E-state index contributed by atoms with van der Waals surface area (Å²) in [6.07, 6.45) is -17.2. The number of halogens is 6. The number of alkyl halides is 6. The molecule has 2 atom stereocenters. The summed E-state index contributed by atoms with van der Waals surface area (Å²) in [5, 5.41) is 18.6. The summed E-state index contributed by atoms with van der Waals surface area (Å²) < 4.78 is 80.9. The molecular formula is C13H20F6O3. The van der Waals surface area contributed by atoms with Crippen molar-refractivity contribution in [2.45, 2.75) is 64.0 Å². The van der Waals surface area contributed by atoms with Gasteiger partial charge in [0.2, 0.25) is 0 Å². The van der Waals surface area contributed by atoms with E-state index in [0.717, 1.165) is 0 Å². The van der Waals surface area contributed by atoms with Gasteiger partial charge in [-0.15, -0.1) is 0 Å². The predicted molar refractivity (Wildman–Crippen MR) is 66.8 cm³/mol. The van der Waals surface area contributed by atoms with Crippen molar-refractivity contribution < 1.29 is 41.3 Å². The second-order valence-electron chi connectivity index (χ2n) is 5.65. The predicted octanol–water partition coefficient (Wildman–Crippen LogP) is 3.56. The Morgan fingerprint density at radius 2 is 1.50 bits per heavy atom. The Balaban J connectivity index is 5.43. The second-order valence-corrected chi connectivity index (χ2v) is 5.65. The van der Waals surface area contributed by atoms with Crippen LogP contribution in [-0.4, -0.2) is 40.6 Å². The van der Waals surface area contributed by atoms with E-state index in [9.17, 15) is 36.6 Å². The summed E-state index contributed by atoms with van der Waals surface area (Å²) in [6.45, 7) is 7.72. The lowest BCUT2D eigenvalue weighted by Crippen LogP contribution is -2.58. The van der Waals surface area contributed by atoms with E-state index < -0.39 is 36.8 Å². The highest BCUT2D eigenvalue weighted by atomic mass is 19.4. The van der Waals surface area contributed by atoms with E-state index in [2.05, 4.69) is 6.58 Å². The minimum atomic E-state index is -5.92. The SMILES string of the molecule is C=C(C)C(O)OC(CC(C)C)CC(O)(C(F)(F)F)C(F)(F)F. The second kappa shape index (κ2) is 7.18. The zero-order valence-electron chi connectivity index (χ0n) is 12.4.